The first kappa shape index (κ1) is 15.9. The standard InChI is InChI=1S/C14H24N4O3/c1-10(2)15-13(19)8-18-7-5-4-6-11(18)14-16-12(9-20-3)17-21-14/h10-11H,4-9H2,1-3H3,(H,15,19). The van der Waals surface area contributed by atoms with E-state index in [1.807, 2.05) is 13.8 Å². The fourth-order valence-corrected chi connectivity index (χ4v) is 2.60. The number of hydrogen-bond donors (Lipinski definition) is 1. The van der Waals surface area contributed by atoms with Gasteiger partial charge in [0.25, 0.3) is 0 Å². The van der Waals surface area contributed by atoms with Crippen molar-refractivity contribution in [1.29, 1.82) is 0 Å². The highest BCUT2D eigenvalue weighted by Crippen LogP contribution is 2.29. The van der Waals surface area contributed by atoms with Crippen LogP contribution in [0.15, 0.2) is 4.52 Å². The number of methoxy groups -OCH3 is 1. The van der Waals surface area contributed by atoms with Gasteiger partial charge < -0.3 is 14.6 Å². The average Bonchev–Trinajstić information content (AvgIpc) is 2.87. The van der Waals surface area contributed by atoms with Crippen molar-refractivity contribution < 1.29 is 14.1 Å². The third-order valence-electron chi connectivity index (χ3n) is 3.45. The molecule has 0 aromatic carbocycles. The Morgan fingerprint density at radius 3 is 3.05 bits per heavy atom. The number of rotatable bonds is 6. The fraction of sp³-hybridized carbons (Fsp3) is 0.786. The summed E-state index contributed by atoms with van der Waals surface area (Å²) >= 11 is 0. The number of piperidine rings is 1. The largest absolute Gasteiger partial charge is 0.377 e. The van der Waals surface area contributed by atoms with Gasteiger partial charge in [0.2, 0.25) is 11.8 Å². The van der Waals surface area contributed by atoms with Crippen LogP contribution in [0.25, 0.3) is 0 Å². The second-order valence-corrected chi connectivity index (χ2v) is 5.69. The van der Waals surface area contributed by atoms with Gasteiger partial charge in [-0.15, -0.1) is 0 Å². The molecule has 7 heteroatoms. The predicted molar refractivity (Wildman–Crippen MR) is 76.5 cm³/mol. The third-order valence-corrected chi connectivity index (χ3v) is 3.45. The molecule has 7 nitrogen and oxygen atoms in total. The number of nitrogens with one attached hydrogen (secondary N) is 1. The van der Waals surface area contributed by atoms with Crippen molar-refractivity contribution in [3.63, 3.8) is 0 Å². The molecule has 1 atom stereocenters. The van der Waals surface area contributed by atoms with E-state index < -0.39 is 0 Å². The number of likely N-dealkylation sites (tertiary alicyclic amines) is 1. The van der Waals surface area contributed by atoms with Crippen LogP contribution in [0.4, 0.5) is 0 Å². The zero-order chi connectivity index (χ0) is 15.2. The van der Waals surface area contributed by atoms with E-state index in [4.69, 9.17) is 9.26 Å². The molecule has 118 valence electrons. The average molecular weight is 296 g/mol. The molecule has 1 unspecified atom stereocenters. The highest BCUT2D eigenvalue weighted by atomic mass is 16.5. The molecule has 0 radical (unpaired) electrons. The number of ether oxygens (including phenoxy) is 1. The Labute approximate surface area is 125 Å². The van der Waals surface area contributed by atoms with Gasteiger partial charge in [-0.05, 0) is 33.2 Å². The maximum atomic E-state index is 12.0. The summed E-state index contributed by atoms with van der Waals surface area (Å²) in [6.07, 6.45) is 3.13. The minimum atomic E-state index is 0.0229. The molecule has 1 amide bonds. The summed E-state index contributed by atoms with van der Waals surface area (Å²) in [6.45, 7) is 5.49. The monoisotopic (exact) mass is 296 g/mol. The van der Waals surface area contributed by atoms with Gasteiger partial charge in [-0.3, -0.25) is 9.69 Å². The second kappa shape index (κ2) is 7.51. The van der Waals surface area contributed by atoms with Crippen molar-refractivity contribution >= 4 is 5.91 Å². The summed E-state index contributed by atoms with van der Waals surface area (Å²) in [5.74, 6) is 1.16. The van der Waals surface area contributed by atoms with Crippen LogP contribution in [-0.2, 0) is 16.1 Å². The minimum Gasteiger partial charge on any atom is -0.377 e. The number of aromatic nitrogens is 2. The molecular weight excluding hydrogens is 272 g/mol. The fourth-order valence-electron chi connectivity index (χ4n) is 2.60. The van der Waals surface area contributed by atoms with Crippen LogP contribution in [0.3, 0.4) is 0 Å². The van der Waals surface area contributed by atoms with E-state index in [-0.39, 0.29) is 18.0 Å². The lowest BCUT2D eigenvalue weighted by molar-refractivity contribution is -0.123. The summed E-state index contributed by atoms with van der Waals surface area (Å²) in [5.41, 5.74) is 0. The van der Waals surface area contributed by atoms with E-state index in [1.165, 1.54) is 0 Å². The number of carbonyl (C=O) groups is 1. The molecule has 1 saturated heterocycles. The third kappa shape index (κ3) is 4.50. The highest BCUT2D eigenvalue weighted by molar-refractivity contribution is 5.78. The Kier molecular flexibility index (Phi) is 5.69. The van der Waals surface area contributed by atoms with Gasteiger partial charge in [0.15, 0.2) is 5.82 Å². The molecule has 2 rings (SSSR count). The zero-order valence-electron chi connectivity index (χ0n) is 13.0. The summed E-state index contributed by atoms with van der Waals surface area (Å²) in [4.78, 5) is 18.4. The van der Waals surface area contributed by atoms with Crippen LogP contribution in [0, 0.1) is 0 Å². The van der Waals surface area contributed by atoms with Gasteiger partial charge in [0.05, 0.1) is 12.6 Å². The van der Waals surface area contributed by atoms with Gasteiger partial charge >= 0.3 is 0 Å². The number of carbonyl (C=O) groups excluding carboxylic acids is 1. The molecule has 1 aromatic rings. The highest BCUT2D eigenvalue weighted by Gasteiger charge is 2.30. The molecule has 21 heavy (non-hydrogen) atoms. The normalized spacial score (nSPS) is 19.9. The van der Waals surface area contributed by atoms with Crippen molar-refractivity contribution in [1.82, 2.24) is 20.4 Å². The Hall–Kier alpha value is -1.47. The smallest absolute Gasteiger partial charge is 0.244 e. The lowest BCUT2D eigenvalue weighted by atomic mass is 10.0. The van der Waals surface area contributed by atoms with Gasteiger partial charge in [-0.25, -0.2) is 0 Å². The van der Waals surface area contributed by atoms with Crippen LogP contribution in [0.5, 0.6) is 0 Å². The zero-order valence-corrected chi connectivity index (χ0v) is 13.0. The predicted octanol–water partition coefficient (Wildman–Crippen LogP) is 1.27. The van der Waals surface area contributed by atoms with E-state index in [2.05, 4.69) is 20.4 Å². The number of amides is 1. The van der Waals surface area contributed by atoms with Crippen LogP contribution in [0.2, 0.25) is 0 Å². The Morgan fingerprint density at radius 1 is 1.52 bits per heavy atom. The van der Waals surface area contributed by atoms with Crippen molar-refractivity contribution in [2.45, 2.75) is 51.8 Å². The second-order valence-electron chi connectivity index (χ2n) is 5.69. The molecule has 1 aromatic heterocycles. The summed E-state index contributed by atoms with van der Waals surface area (Å²) < 4.78 is 10.3. The number of hydrogen-bond acceptors (Lipinski definition) is 6. The minimum absolute atomic E-state index is 0.0229. The van der Waals surface area contributed by atoms with Crippen LogP contribution in [-0.4, -0.2) is 47.2 Å². The lowest BCUT2D eigenvalue weighted by Crippen LogP contribution is -2.43. The summed E-state index contributed by atoms with van der Waals surface area (Å²) in [6, 6.07) is 0.173. The molecular formula is C14H24N4O3. The molecule has 0 spiro atoms. The topological polar surface area (TPSA) is 80.5 Å². The summed E-state index contributed by atoms with van der Waals surface area (Å²) in [7, 11) is 1.60. The van der Waals surface area contributed by atoms with Crippen LogP contribution < -0.4 is 5.32 Å². The molecule has 2 heterocycles. The molecule has 1 aliphatic heterocycles. The molecule has 1 N–H and O–H groups in total. The molecule has 0 aliphatic carbocycles. The van der Waals surface area contributed by atoms with Crippen molar-refractivity contribution in [2.24, 2.45) is 0 Å². The first-order valence-corrected chi connectivity index (χ1v) is 7.45. The lowest BCUT2D eigenvalue weighted by Gasteiger charge is -2.32. The van der Waals surface area contributed by atoms with Gasteiger partial charge in [0, 0.05) is 13.2 Å². The first-order chi connectivity index (χ1) is 10.1. The van der Waals surface area contributed by atoms with E-state index in [0.29, 0.717) is 24.9 Å². The maximum Gasteiger partial charge on any atom is 0.244 e. The van der Waals surface area contributed by atoms with E-state index in [9.17, 15) is 4.79 Å². The molecule has 1 fully saturated rings. The van der Waals surface area contributed by atoms with Crippen LogP contribution >= 0.6 is 0 Å². The molecule has 0 saturated carbocycles. The van der Waals surface area contributed by atoms with Crippen molar-refractivity contribution in [3.8, 4) is 0 Å². The van der Waals surface area contributed by atoms with Crippen molar-refractivity contribution in [2.75, 3.05) is 20.2 Å². The maximum absolute atomic E-state index is 12.0. The quantitative estimate of drug-likeness (QED) is 0.851. The first-order valence-electron chi connectivity index (χ1n) is 7.45. The Balaban J connectivity index is 2.02. The Bertz CT molecular complexity index is 461. The van der Waals surface area contributed by atoms with Gasteiger partial charge in [0.1, 0.15) is 6.61 Å². The summed E-state index contributed by atoms with van der Waals surface area (Å²) in [5, 5.41) is 6.83. The van der Waals surface area contributed by atoms with Gasteiger partial charge in [-0.1, -0.05) is 11.6 Å². The van der Waals surface area contributed by atoms with E-state index in [0.717, 1.165) is 25.8 Å². The van der Waals surface area contributed by atoms with Gasteiger partial charge in [-0.2, -0.15) is 4.98 Å². The number of nitrogens with zero attached hydrogens (tertiary/aromatic N) is 3. The van der Waals surface area contributed by atoms with E-state index >= 15 is 0 Å². The SMILES string of the molecule is COCc1noc(C2CCCCN2CC(=O)NC(C)C)n1. The van der Waals surface area contributed by atoms with E-state index in [1.54, 1.807) is 7.11 Å². The van der Waals surface area contributed by atoms with Crippen LogP contribution in [0.1, 0.15) is 50.9 Å². The Morgan fingerprint density at radius 2 is 2.33 bits per heavy atom. The van der Waals surface area contributed by atoms with Crippen molar-refractivity contribution in [3.05, 3.63) is 11.7 Å². The molecule has 1 aliphatic rings. The molecule has 0 bridgehead atoms.